The van der Waals surface area contributed by atoms with E-state index in [1.807, 2.05) is 0 Å². The highest BCUT2D eigenvalue weighted by Crippen LogP contribution is 2.33. The number of hydrogen-bond acceptors (Lipinski definition) is 3. The van der Waals surface area contributed by atoms with Crippen molar-refractivity contribution in [2.24, 2.45) is 5.73 Å². The lowest BCUT2D eigenvalue weighted by molar-refractivity contribution is 0.254. The van der Waals surface area contributed by atoms with E-state index < -0.39 is 0 Å². The van der Waals surface area contributed by atoms with Crippen LogP contribution in [0, 0.1) is 0 Å². The molecule has 0 aliphatic carbocycles. The third kappa shape index (κ3) is 2.45. The molecule has 1 aromatic carbocycles. The minimum Gasteiger partial charge on any atom is -0.370 e. The van der Waals surface area contributed by atoms with Gasteiger partial charge >= 0.3 is 0 Å². The first-order valence-electron chi connectivity index (χ1n) is 8.02. The highest BCUT2D eigenvalue weighted by Gasteiger charge is 2.35. The van der Waals surface area contributed by atoms with Crippen LogP contribution in [0.25, 0.3) is 0 Å². The second kappa shape index (κ2) is 5.74. The van der Waals surface area contributed by atoms with Gasteiger partial charge in [-0.05, 0) is 44.4 Å². The summed E-state index contributed by atoms with van der Waals surface area (Å²) >= 11 is 0. The van der Waals surface area contributed by atoms with Crippen LogP contribution < -0.4 is 10.6 Å². The molecule has 0 radical (unpaired) electrons. The highest BCUT2D eigenvalue weighted by atomic mass is 15.3. The number of hydrogen-bond donors (Lipinski definition) is 1. The van der Waals surface area contributed by atoms with Gasteiger partial charge < -0.3 is 10.6 Å². The van der Waals surface area contributed by atoms with Gasteiger partial charge in [-0.3, -0.25) is 4.90 Å². The van der Waals surface area contributed by atoms with E-state index in [2.05, 4.69) is 48.0 Å². The molecule has 0 amide bonds. The SMILES string of the molecule is CC[C@@H](N)c1ccccc1N1CCC2CCC(C1)N2C. The Morgan fingerprint density at radius 3 is 2.75 bits per heavy atom. The van der Waals surface area contributed by atoms with Crippen LogP contribution >= 0.6 is 0 Å². The van der Waals surface area contributed by atoms with Crippen molar-refractivity contribution in [3.8, 4) is 0 Å². The number of anilines is 1. The third-order valence-corrected chi connectivity index (χ3v) is 5.27. The van der Waals surface area contributed by atoms with Gasteiger partial charge in [0.15, 0.2) is 0 Å². The van der Waals surface area contributed by atoms with Crippen molar-refractivity contribution in [2.45, 2.75) is 50.7 Å². The predicted octanol–water partition coefficient (Wildman–Crippen LogP) is 2.77. The maximum absolute atomic E-state index is 6.31. The van der Waals surface area contributed by atoms with Gasteiger partial charge in [0.05, 0.1) is 0 Å². The summed E-state index contributed by atoms with van der Waals surface area (Å²) in [5, 5.41) is 0. The Kier molecular flexibility index (Phi) is 3.99. The van der Waals surface area contributed by atoms with Gasteiger partial charge in [0, 0.05) is 36.9 Å². The average Bonchev–Trinajstić information content (AvgIpc) is 2.71. The van der Waals surface area contributed by atoms with Crippen molar-refractivity contribution in [1.29, 1.82) is 0 Å². The van der Waals surface area contributed by atoms with Crippen LogP contribution in [-0.2, 0) is 0 Å². The summed E-state index contributed by atoms with van der Waals surface area (Å²) in [7, 11) is 2.30. The number of rotatable bonds is 3. The smallest absolute Gasteiger partial charge is 0.0415 e. The van der Waals surface area contributed by atoms with Gasteiger partial charge in [-0.15, -0.1) is 0 Å². The Bertz CT molecular complexity index is 459. The number of fused-ring (bicyclic) bond motifs is 2. The second-order valence-corrected chi connectivity index (χ2v) is 6.36. The van der Waals surface area contributed by atoms with Gasteiger partial charge in [-0.1, -0.05) is 25.1 Å². The first-order chi connectivity index (χ1) is 9.70. The zero-order valence-electron chi connectivity index (χ0n) is 12.8. The molecule has 2 saturated heterocycles. The fraction of sp³-hybridized carbons (Fsp3) is 0.647. The molecule has 2 fully saturated rings. The van der Waals surface area contributed by atoms with Crippen molar-refractivity contribution >= 4 is 5.69 Å². The summed E-state index contributed by atoms with van der Waals surface area (Å²) in [5.41, 5.74) is 8.99. The lowest BCUT2D eigenvalue weighted by atomic mass is 10.0. The molecule has 110 valence electrons. The Labute approximate surface area is 122 Å². The van der Waals surface area contributed by atoms with Crippen LogP contribution in [0.15, 0.2) is 24.3 Å². The summed E-state index contributed by atoms with van der Waals surface area (Å²) in [6.07, 6.45) is 5.00. The Balaban J connectivity index is 1.86. The fourth-order valence-electron chi connectivity index (χ4n) is 3.84. The summed E-state index contributed by atoms with van der Waals surface area (Å²) < 4.78 is 0. The molecule has 2 N–H and O–H groups in total. The van der Waals surface area contributed by atoms with E-state index in [4.69, 9.17) is 5.73 Å². The Morgan fingerprint density at radius 2 is 1.95 bits per heavy atom. The summed E-state index contributed by atoms with van der Waals surface area (Å²) in [4.78, 5) is 5.17. The van der Waals surface area contributed by atoms with Crippen molar-refractivity contribution in [3.63, 3.8) is 0 Å². The molecule has 20 heavy (non-hydrogen) atoms. The molecule has 3 nitrogen and oxygen atoms in total. The first-order valence-corrected chi connectivity index (χ1v) is 8.02. The van der Waals surface area contributed by atoms with Gasteiger partial charge in [0.1, 0.15) is 0 Å². The largest absolute Gasteiger partial charge is 0.370 e. The van der Waals surface area contributed by atoms with Crippen molar-refractivity contribution < 1.29 is 0 Å². The van der Waals surface area contributed by atoms with Crippen LogP contribution in [0.2, 0.25) is 0 Å². The van der Waals surface area contributed by atoms with E-state index in [0.29, 0.717) is 6.04 Å². The standard InChI is InChI=1S/C17H27N3/c1-3-16(18)15-6-4-5-7-17(15)20-11-10-13-8-9-14(12-20)19(13)2/h4-7,13-14,16H,3,8-12,18H2,1-2H3/t13?,14?,16-/m1/s1. The summed E-state index contributed by atoms with van der Waals surface area (Å²) in [6.45, 7) is 4.49. The molecule has 1 aromatic rings. The molecule has 2 aliphatic heterocycles. The molecule has 2 bridgehead atoms. The monoisotopic (exact) mass is 273 g/mol. The molecule has 3 rings (SSSR count). The lowest BCUT2D eigenvalue weighted by Gasteiger charge is -2.30. The average molecular weight is 273 g/mol. The molecule has 2 heterocycles. The molecule has 3 atom stereocenters. The number of nitrogens with two attached hydrogens (primary N) is 1. The number of para-hydroxylation sites is 1. The molecule has 0 spiro atoms. The number of benzene rings is 1. The van der Waals surface area contributed by atoms with Crippen LogP contribution in [-0.4, -0.2) is 37.1 Å². The highest BCUT2D eigenvalue weighted by molar-refractivity contribution is 5.55. The lowest BCUT2D eigenvalue weighted by Crippen LogP contribution is -2.37. The van der Waals surface area contributed by atoms with E-state index in [9.17, 15) is 0 Å². The van der Waals surface area contributed by atoms with Gasteiger partial charge in [0.25, 0.3) is 0 Å². The molecular formula is C17H27N3. The third-order valence-electron chi connectivity index (χ3n) is 5.27. The molecule has 2 unspecified atom stereocenters. The van der Waals surface area contributed by atoms with Crippen LogP contribution in [0.1, 0.15) is 44.2 Å². The van der Waals surface area contributed by atoms with Gasteiger partial charge in [-0.2, -0.15) is 0 Å². The summed E-state index contributed by atoms with van der Waals surface area (Å²) in [5.74, 6) is 0. The minimum atomic E-state index is 0.157. The van der Waals surface area contributed by atoms with Gasteiger partial charge in [-0.25, -0.2) is 0 Å². The molecule has 0 aromatic heterocycles. The maximum Gasteiger partial charge on any atom is 0.0415 e. The zero-order valence-corrected chi connectivity index (χ0v) is 12.8. The zero-order chi connectivity index (χ0) is 14.1. The molecular weight excluding hydrogens is 246 g/mol. The van der Waals surface area contributed by atoms with E-state index in [1.165, 1.54) is 37.1 Å². The van der Waals surface area contributed by atoms with E-state index in [1.54, 1.807) is 0 Å². The minimum absolute atomic E-state index is 0.157. The number of nitrogens with zero attached hydrogens (tertiary/aromatic N) is 2. The van der Waals surface area contributed by atoms with Crippen LogP contribution in [0.3, 0.4) is 0 Å². The molecule has 3 heteroatoms. The van der Waals surface area contributed by atoms with E-state index in [-0.39, 0.29) is 6.04 Å². The Hall–Kier alpha value is -1.06. The topological polar surface area (TPSA) is 32.5 Å². The van der Waals surface area contributed by atoms with Crippen molar-refractivity contribution in [2.75, 3.05) is 25.0 Å². The van der Waals surface area contributed by atoms with Crippen LogP contribution in [0.4, 0.5) is 5.69 Å². The molecule has 0 saturated carbocycles. The van der Waals surface area contributed by atoms with E-state index >= 15 is 0 Å². The van der Waals surface area contributed by atoms with E-state index in [0.717, 1.165) is 19.0 Å². The number of likely N-dealkylation sites (N-methyl/N-ethyl adjacent to an activating group) is 1. The maximum atomic E-state index is 6.31. The fourth-order valence-corrected chi connectivity index (χ4v) is 3.84. The predicted molar refractivity (Wildman–Crippen MR) is 85.1 cm³/mol. The quantitative estimate of drug-likeness (QED) is 0.919. The second-order valence-electron chi connectivity index (χ2n) is 6.36. The molecule has 2 aliphatic rings. The summed E-state index contributed by atoms with van der Waals surface area (Å²) in [6, 6.07) is 10.4. The first kappa shape index (κ1) is 13.9. The Morgan fingerprint density at radius 1 is 1.20 bits per heavy atom. The normalized spacial score (nSPS) is 28.4. The van der Waals surface area contributed by atoms with Gasteiger partial charge in [0.2, 0.25) is 0 Å². The van der Waals surface area contributed by atoms with Crippen LogP contribution in [0.5, 0.6) is 0 Å². The van der Waals surface area contributed by atoms with Crippen molar-refractivity contribution in [1.82, 2.24) is 4.90 Å². The van der Waals surface area contributed by atoms with Crippen molar-refractivity contribution in [3.05, 3.63) is 29.8 Å².